The van der Waals surface area contributed by atoms with Crippen molar-refractivity contribution in [2.45, 2.75) is 39.2 Å². The smallest absolute Gasteiger partial charge is 0.315 e. The fourth-order valence-electron chi connectivity index (χ4n) is 2.90. The highest BCUT2D eigenvalue weighted by atomic mass is 35.5. The highest BCUT2D eigenvalue weighted by Crippen LogP contribution is 2.32. The SMILES string of the molecule is CN=CC(=CN)Nc1ncnc(-c2ccc([C@@H](C)NC(=O)c3nc(C(C)(C)C)no3)c(Cl)c2F)n1. The topological polar surface area (TPSA) is 157 Å². The maximum Gasteiger partial charge on any atom is 0.315 e. The Morgan fingerprint density at radius 3 is 2.66 bits per heavy atom. The highest BCUT2D eigenvalue weighted by molar-refractivity contribution is 6.32. The lowest BCUT2D eigenvalue weighted by Gasteiger charge is -2.16. The quantitative estimate of drug-likeness (QED) is 0.412. The van der Waals surface area contributed by atoms with Crippen molar-refractivity contribution in [2.24, 2.45) is 10.7 Å². The van der Waals surface area contributed by atoms with Crippen LogP contribution in [0, 0.1) is 5.82 Å². The Bertz CT molecular complexity index is 1280. The third-order valence-electron chi connectivity index (χ3n) is 4.73. The second kappa shape index (κ2) is 10.6. The van der Waals surface area contributed by atoms with E-state index in [1.54, 1.807) is 20.0 Å². The molecule has 0 spiro atoms. The van der Waals surface area contributed by atoms with E-state index >= 15 is 4.39 Å². The maximum atomic E-state index is 15.2. The largest absolute Gasteiger partial charge is 0.403 e. The van der Waals surface area contributed by atoms with Gasteiger partial charge in [-0.2, -0.15) is 9.97 Å². The van der Waals surface area contributed by atoms with Gasteiger partial charge in [0.2, 0.25) is 5.95 Å². The average molecular weight is 502 g/mol. The van der Waals surface area contributed by atoms with E-state index in [1.807, 2.05) is 20.8 Å². The number of carbonyl (C=O) groups is 1. The van der Waals surface area contributed by atoms with Crippen molar-refractivity contribution in [3.05, 3.63) is 58.5 Å². The molecule has 1 atom stereocenters. The van der Waals surface area contributed by atoms with Crippen molar-refractivity contribution >= 4 is 29.7 Å². The van der Waals surface area contributed by atoms with Gasteiger partial charge in [0.1, 0.15) is 6.33 Å². The normalized spacial score (nSPS) is 13.2. The lowest BCUT2D eigenvalue weighted by molar-refractivity contribution is 0.0895. The van der Waals surface area contributed by atoms with Gasteiger partial charge in [-0.15, -0.1) is 0 Å². The van der Waals surface area contributed by atoms with Crippen LogP contribution in [0.3, 0.4) is 0 Å². The fraction of sp³-hybridized carbons (Fsp3) is 0.318. The van der Waals surface area contributed by atoms with E-state index in [2.05, 4.69) is 40.7 Å². The van der Waals surface area contributed by atoms with Gasteiger partial charge in [0, 0.05) is 24.9 Å². The minimum absolute atomic E-state index is 0.0514. The van der Waals surface area contributed by atoms with Gasteiger partial charge in [0.15, 0.2) is 17.5 Å². The number of carbonyl (C=O) groups excluding carboxylic acids is 1. The second-order valence-electron chi connectivity index (χ2n) is 8.47. The molecule has 0 saturated carbocycles. The molecular formula is C22H25ClFN9O2. The summed E-state index contributed by atoms with van der Waals surface area (Å²) in [6.07, 6.45) is 3.99. The van der Waals surface area contributed by atoms with Crippen LogP contribution in [0.5, 0.6) is 0 Å². The number of nitrogens with one attached hydrogen (secondary N) is 2. The second-order valence-corrected chi connectivity index (χ2v) is 8.84. The number of amides is 1. The monoisotopic (exact) mass is 501 g/mol. The molecule has 0 saturated heterocycles. The van der Waals surface area contributed by atoms with E-state index in [1.165, 1.54) is 24.8 Å². The molecule has 0 aliphatic rings. The molecule has 35 heavy (non-hydrogen) atoms. The van der Waals surface area contributed by atoms with Crippen molar-refractivity contribution < 1.29 is 13.7 Å². The minimum atomic E-state index is -0.750. The molecule has 1 amide bonds. The first-order chi connectivity index (χ1) is 16.5. The molecule has 1 aromatic carbocycles. The van der Waals surface area contributed by atoms with Gasteiger partial charge in [0.25, 0.3) is 0 Å². The van der Waals surface area contributed by atoms with Crippen LogP contribution in [0.4, 0.5) is 10.3 Å². The van der Waals surface area contributed by atoms with Crippen molar-refractivity contribution in [3.63, 3.8) is 0 Å². The third-order valence-corrected chi connectivity index (χ3v) is 5.12. The Morgan fingerprint density at radius 2 is 2.03 bits per heavy atom. The van der Waals surface area contributed by atoms with Crippen molar-refractivity contribution in [3.8, 4) is 11.4 Å². The number of nitrogens with zero attached hydrogens (tertiary/aromatic N) is 6. The molecule has 2 aromatic heterocycles. The van der Waals surface area contributed by atoms with Crippen LogP contribution in [0.25, 0.3) is 11.4 Å². The third kappa shape index (κ3) is 5.96. The van der Waals surface area contributed by atoms with E-state index in [9.17, 15) is 4.79 Å². The molecule has 4 N–H and O–H groups in total. The number of aliphatic imine (C=N–C) groups is 1. The number of rotatable bonds is 7. The van der Waals surface area contributed by atoms with Gasteiger partial charge >= 0.3 is 11.8 Å². The summed E-state index contributed by atoms with van der Waals surface area (Å²) in [5.41, 5.74) is 5.99. The summed E-state index contributed by atoms with van der Waals surface area (Å²) in [6.45, 7) is 7.33. The minimum Gasteiger partial charge on any atom is -0.403 e. The van der Waals surface area contributed by atoms with E-state index in [-0.39, 0.29) is 33.7 Å². The van der Waals surface area contributed by atoms with E-state index < -0.39 is 17.8 Å². The van der Waals surface area contributed by atoms with E-state index in [0.29, 0.717) is 17.1 Å². The van der Waals surface area contributed by atoms with Crippen LogP contribution < -0.4 is 16.4 Å². The summed E-state index contributed by atoms with van der Waals surface area (Å²) in [6, 6.07) is 2.38. The summed E-state index contributed by atoms with van der Waals surface area (Å²) in [7, 11) is 1.58. The average Bonchev–Trinajstić information content (AvgIpc) is 3.32. The first kappa shape index (κ1) is 25.7. The van der Waals surface area contributed by atoms with Crippen LogP contribution in [0.2, 0.25) is 5.02 Å². The standard InChI is InChI=1S/C22H25ClFN9O2/c1-11(29-18(34)19-32-20(33-35-19)22(2,3)4)13-6-7-14(16(24)15(13)23)17-27-10-28-21(31-17)30-12(8-25)9-26-5/h6-11H,25H2,1-5H3,(H,29,34)(H,27,28,30,31)/t11-/m1/s1. The number of benzene rings is 1. The first-order valence-corrected chi connectivity index (χ1v) is 10.9. The number of allylic oxidation sites excluding steroid dienone is 1. The maximum absolute atomic E-state index is 15.2. The molecule has 0 aliphatic heterocycles. The van der Waals surface area contributed by atoms with Gasteiger partial charge in [-0.25, -0.2) is 14.4 Å². The van der Waals surface area contributed by atoms with Crippen LogP contribution in [0.1, 0.15) is 55.8 Å². The molecule has 3 aromatic rings. The van der Waals surface area contributed by atoms with E-state index in [4.69, 9.17) is 21.9 Å². The van der Waals surface area contributed by atoms with Crippen molar-refractivity contribution in [2.75, 3.05) is 12.4 Å². The molecule has 2 heterocycles. The first-order valence-electron chi connectivity index (χ1n) is 10.5. The summed E-state index contributed by atoms with van der Waals surface area (Å²) >= 11 is 6.32. The Balaban J connectivity index is 1.82. The summed E-state index contributed by atoms with van der Waals surface area (Å²) < 4.78 is 20.3. The molecule has 11 nitrogen and oxygen atoms in total. The predicted octanol–water partition coefficient (Wildman–Crippen LogP) is 3.42. The molecular weight excluding hydrogens is 477 g/mol. The van der Waals surface area contributed by atoms with Gasteiger partial charge in [0.05, 0.1) is 22.3 Å². The lowest BCUT2D eigenvalue weighted by atomic mass is 9.96. The molecule has 184 valence electrons. The number of hydrogen-bond acceptors (Lipinski definition) is 10. The summed E-state index contributed by atoms with van der Waals surface area (Å²) in [4.78, 5) is 32.8. The Morgan fingerprint density at radius 1 is 1.29 bits per heavy atom. The zero-order valence-corrected chi connectivity index (χ0v) is 20.6. The number of anilines is 1. The number of halogens is 2. The van der Waals surface area contributed by atoms with Gasteiger partial charge in [-0.3, -0.25) is 9.79 Å². The van der Waals surface area contributed by atoms with Gasteiger partial charge in [-0.05, 0) is 18.6 Å². The molecule has 0 unspecified atom stereocenters. The van der Waals surface area contributed by atoms with Crippen molar-refractivity contribution in [1.82, 2.24) is 30.4 Å². The molecule has 0 aliphatic carbocycles. The van der Waals surface area contributed by atoms with Crippen LogP contribution >= 0.6 is 11.6 Å². The Kier molecular flexibility index (Phi) is 7.75. The zero-order chi connectivity index (χ0) is 25.8. The summed E-state index contributed by atoms with van der Waals surface area (Å²) in [5, 5.41) is 9.18. The molecule has 3 rings (SSSR count). The van der Waals surface area contributed by atoms with Gasteiger partial charge < -0.3 is 20.9 Å². The van der Waals surface area contributed by atoms with Crippen molar-refractivity contribution in [1.29, 1.82) is 0 Å². The molecule has 13 heteroatoms. The van der Waals surface area contributed by atoms with Gasteiger partial charge in [-0.1, -0.05) is 43.6 Å². The highest BCUT2D eigenvalue weighted by Gasteiger charge is 2.26. The fourth-order valence-corrected chi connectivity index (χ4v) is 3.23. The number of nitrogens with two attached hydrogens (primary N) is 1. The van der Waals surface area contributed by atoms with Crippen LogP contribution in [0.15, 0.2) is 39.9 Å². The zero-order valence-electron chi connectivity index (χ0n) is 19.8. The number of aromatic nitrogens is 5. The van der Waals surface area contributed by atoms with Crippen LogP contribution in [-0.4, -0.2) is 44.3 Å². The van der Waals surface area contributed by atoms with E-state index in [0.717, 1.165) is 0 Å². The molecule has 0 bridgehead atoms. The number of hydrogen-bond donors (Lipinski definition) is 3. The molecule has 0 radical (unpaired) electrons. The van der Waals surface area contributed by atoms with Crippen LogP contribution in [-0.2, 0) is 5.41 Å². The lowest BCUT2D eigenvalue weighted by Crippen LogP contribution is -2.27. The Labute approximate surface area is 206 Å². The molecule has 0 fully saturated rings. The Hall–Kier alpha value is -3.93. The summed E-state index contributed by atoms with van der Waals surface area (Å²) in [5.74, 6) is -0.963. The predicted molar refractivity (Wildman–Crippen MR) is 129 cm³/mol.